The maximum atomic E-state index is 9.18. The van der Waals surface area contributed by atoms with Gasteiger partial charge in [0.2, 0.25) is 0 Å². The van der Waals surface area contributed by atoms with Crippen LogP contribution in [0.3, 0.4) is 0 Å². The number of hydrogen-bond donors (Lipinski definition) is 1. The van der Waals surface area contributed by atoms with E-state index in [1.54, 1.807) is 0 Å². The average Bonchev–Trinajstić information content (AvgIpc) is 2.60. The van der Waals surface area contributed by atoms with Crippen LogP contribution in [0.5, 0.6) is 0 Å². The Labute approximate surface area is 111 Å². The molecule has 1 N–H and O–H groups in total. The molecular formula is C16H25NO. The molecule has 1 aromatic rings. The predicted octanol–water partition coefficient (Wildman–Crippen LogP) is 3.29. The third-order valence-electron chi connectivity index (χ3n) is 4.68. The molecule has 1 aliphatic rings. The molecule has 0 aliphatic carbocycles. The van der Waals surface area contributed by atoms with E-state index in [2.05, 4.69) is 50.8 Å². The highest BCUT2D eigenvalue weighted by molar-refractivity contribution is 5.53. The number of benzene rings is 1. The fourth-order valence-electron chi connectivity index (χ4n) is 3.16. The SMILES string of the molecule is Cc1ccc(N2CCC(CCO)C2(C)C)cc1C. The van der Waals surface area contributed by atoms with Crippen molar-refractivity contribution in [3.8, 4) is 0 Å². The normalized spacial score (nSPS) is 22.5. The van der Waals surface area contributed by atoms with Gasteiger partial charge in [0.1, 0.15) is 0 Å². The summed E-state index contributed by atoms with van der Waals surface area (Å²) in [6.45, 7) is 10.3. The first kappa shape index (κ1) is 13.4. The Balaban J connectivity index is 2.26. The highest BCUT2D eigenvalue weighted by atomic mass is 16.3. The number of rotatable bonds is 3. The molecule has 1 heterocycles. The molecule has 1 fully saturated rings. The summed E-state index contributed by atoms with van der Waals surface area (Å²) in [5.74, 6) is 0.587. The molecule has 1 saturated heterocycles. The third-order valence-corrected chi connectivity index (χ3v) is 4.68. The first-order chi connectivity index (χ1) is 8.46. The number of aliphatic hydroxyl groups is 1. The Kier molecular flexibility index (Phi) is 3.67. The number of nitrogens with zero attached hydrogens (tertiary/aromatic N) is 1. The van der Waals surface area contributed by atoms with Crippen LogP contribution in [0.2, 0.25) is 0 Å². The molecule has 0 bridgehead atoms. The van der Waals surface area contributed by atoms with E-state index in [0.717, 1.165) is 13.0 Å². The molecule has 0 saturated carbocycles. The fourth-order valence-corrected chi connectivity index (χ4v) is 3.16. The van der Waals surface area contributed by atoms with Gasteiger partial charge in [0.15, 0.2) is 0 Å². The van der Waals surface area contributed by atoms with Crippen LogP contribution in [0, 0.1) is 19.8 Å². The number of anilines is 1. The minimum atomic E-state index is 0.143. The van der Waals surface area contributed by atoms with E-state index >= 15 is 0 Å². The molecule has 2 heteroatoms. The minimum Gasteiger partial charge on any atom is -0.396 e. The summed E-state index contributed by atoms with van der Waals surface area (Å²) in [5, 5.41) is 9.18. The van der Waals surface area contributed by atoms with Crippen LogP contribution < -0.4 is 4.90 Å². The van der Waals surface area contributed by atoms with Crippen LogP contribution in [0.25, 0.3) is 0 Å². The van der Waals surface area contributed by atoms with Crippen molar-refractivity contribution in [3.63, 3.8) is 0 Å². The lowest BCUT2D eigenvalue weighted by Gasteiger charge is -2.38. The molecule has 1 unspecified atom stereocenters. The van der Waals surface area contributed by atoms with Crippen LogP contribution >= 0.6 is 0 Å². The largest absolute Gasteiger partial charge is 0.396 e. The van der Waals surface area contributed by atoms with Gasteiger partial charge in [0.05, 0.1) is 0 Å². The van der Waals surface area contributed by atoms with Crippen molar-refractivity contribution < 1.29 is 5.11 Å². The summed E-state index contributed by atoms with van der Waals surface area (Å²) in [7, 11) is 0. The van der Waals surface area contributed by atoms with Crippen molar-refractivity contribution in [1.82, 2.24) is 0 Å². The van der Waals surface area contributed by atoms with Crippen molar-refractivity contribution in [2.24, 2.45) is 5.92 Å². The molecular weight excluding hydrogens is 222 g/mol. The molecule has 2 rings (SSSR count). The monoisotopic (exact) mass is 247 g/mol. The lowest BCUT2D eigenvalue weighted by Crippen LogP contribution is -2.42. The fraction of sp³-hybridized carbons (Fsp3) is 0.625. The maximum Gasteiger partial charge on any atom is 0.0434 e. The van der Waals surface area contributed by atoms with Crippen LogP contribution in [0.1, 0.15) is 37.8 Å². The van der Waals surface area contributed by atoms with Crippen LogP contribution in [0.15, 0.2) is 18.2 Å². The van der Waals surface area contributed by atoms with Gasteiger partial charge in [-0.2, -0.15) is 0 Å². The summed E-state index contributed by atoms with van der Waals surface area (Å²) in [4.78, 5) is 2.50. The van der Waals surface area contributed by atoms with Gasteiger partial charge >= 0.3 is 0 Å². The second kappa shape index (κ2) is 4.93. The molecule has 1 aliphatic heterocycles. The second-order valence-corrected chi connectivity index (χ2v) is 6.07. The lowest BCUT2D eigenvalue weighted by atomic mass is 9.86. The Morgan fingerprint density at radius 1 is 1.28 bits per heavy atom. The minimum absolute atomic E-state index is 0.143. The topological polar surface area (TPSA) is 23.5 Å². The third kappa shape index (κ3) is 2.26. The smallest absolute Gasteiger partial charge is 0.0434 e. The molecule has 18 heavy (non-hydrogen) atoms. The maximum absolute atomic E-state index is 9.18. The highest BCUT2D eigenvalue weighted by Crippen LogP contribution is 2.40. The van der Waals surface area contributed by atoms with Crippen LogP contribution in [-0.2, 0) is 0 Å². The molecule has 2 nitrogen and oxygen atoms in total. The molecule has 0 spiro atoms. The second-order valence-electron chi connectivity index (χ2n) is 6.07. The highest BCUT2D eigenvalue weighted by Gasteiger charge is 2.40. The van der Waals surface area contributed by atoms with E-state index in [-0.39, 0.29) is 5.54 Å². The first-order valence-corrected chi connectivity index (χ1v) is 6.92. The van der Waals surface area contributed by atoms with Crippen molar-refractivity contribution >= 4 is 5.69 Å². The number of aliphatic hydroxyl groups excluding tert-OH is 1. The number of aryl methyl sites for hydroxylation is 2. The molecule has 0 aromatic heterocycles. The zero-order valence-electron chi connectivity index (χ0n) is 12.0. The van der Waals surface area contributed by atoms with Crippen molar-refractivity contribution in [3.05, 3.63) is 29.3 Å². The van der Waals surface area contributed by atoms with Gasteiger partial charge in [-0.1, -0.05) is 6.07 Å². The molecule has 100 valence electrons. The van der Waals surface area contributed by atoms with E-state index < -0.39 is 0 Å². The summed E-state index contributed by atoms with van der Waals surface area (Å²) in [6, 6.07) is 6.73. The van der Waals surface area contributed by atoms with Crippen molar-refractivity contribution in [1.29, 1.82) is 0 Å². The summed E-state index contributed by atoms with van der Waals surface area (Å²) in [5.41, 5.74) is 4.17. The van der Waals surface area contributed by atoms with Gasteiger partial charge in [-0.3, -0.25) is 0 Å². The van der Waals surface area contributed by atoms with Gasteiger partial charge < -0.3 is 10.0 Å². The van der Waals surface area contributed by atoms with E-state index in [0.29, 0.717) is 12.5 Å². The number of hydrogen-bond acceptors (Lipinski definition) is 2. The van der Waals surface area contributed by atoms with E-state index in [1.165, 1.54) is 23.2 Å². The summed E-state index contributed by atoms with van der Waals surface area (Å²) >= 11 is 0. The predicted molar refractivity (Wildman–Crippen MR) is 77.2 cm³/mol. The lowest BCUT2D eigenvalue weighted by molar-refractivity contribution is 0.229. The van der Waals surface area contributed by atoms with Crippen molar-refractivity contribution in [2.45, 2.75) is 46.1 Å². The standard InChI is InChI=1S/C16H25NO/c1-12-5-6-15(11-13(12)2)17-9-7-14(8-10-18)16(17,3)4/h5-6,11,14,18H,7-10H2,1-4H3. The Morgan fingerprint density at radius 2 is 2.00 bits per heavy atom. The Bertz CT molecular complexity index is 425. The van der Waals surface area contributed by atoms with Crippen LogP contribution in [-0.4, -0.2) is 23.8 Å². The Morgan fingerprint density at radius 3 is 2.61 bits per heavy atom. The zero-order valence-corrected chi connectivity index (χ0v) is 12.0. The van der Waals surface area contributed by atoms with Gasteiger partial charge in [0.25, 0.3) is 0 Å². The molecule has 0 amide bonds. The van der Waals surface area contributed by atoms with Gasteiger partial charge in [-0.25, -0.2) is 0 Å². The molecule has 0 radical (unpaired) electrons. The van der Waals surface area contributed by atoms with E-state index in [1.807, 2.05) is 0 Å². The van der Waals surface area contributed by atoms with E-state index in [4.69, 9.17) is 0 Å². The van der Waals surface area contributed by atoms with Crippen LogP contribution in [0.4, 0.5) is 5.69 Å². The summed E-state index contributed by atoms with van der Waals surface area (Å²) in [6.07, 6.45) is 2.09. The zero-order chi connectivity index (χ0) is 13.3. The van der Waals surface area contributed by atoms with Gasteiger partial charge in [-0.05, 0) is 69.7 Å². The average molecular weight is 247 g/mol. The quantitative estimate of drug-likeness (QED) is 0.886. The molecule has 1 atom stereocenters. The Hall–Kier alpha value is -1.02. The van der Waals surface area contributed by atoms with Gasteiger partial charge in [-0.15, -0.1) is 0 Å². The summed E-state index contributed by atoms with van der Waals surface area (Å²) < 4.78 is 0. The molecule has 1 aromatic carbocycles. The van der Waals surface area contributed by atoms with Gasteiger partial charge in [0, 0.05) is 24.4 Å². The van der Waals surface area contributed by atoms with Crippen molar-refractivity contribution in [2.75, 3.05) is 18.1 Å². The van der Waals surface area contributed by atoms with E-state index in [9.17, 15) is 5.11 Å². The first-order valence-electron chi connectivity index (χ1n) is 6.92.